The predicted molar refractivity (Wildman–Crippen MR) is 87.5 cm³/mol. The van der Waals surface area contributed by atoms with Gasteiger partial charge in [-0.3, -0.25) is 4.79 Å². The number of nitrogens with two attached hydrogens (primary N) is 1. The fraction of sp³-hybridized carbons (Fsp3) is 0.176. The van der Waals surface area contributed by atoms with Crippen LogP contribution in [0.4, 0.5) is 5.69 Å². The second-order valence-corrected chi connectivity index (χ2v) is 5.29. The molecule has 0 aliphatic heterocycles. The molecule has 3 rings (SSSR count). The van der Waals surface area contributed by atoms with Gasteiger partial charge in [0.1, 0.15) is 5.75 Å². The largest absolute Gasteiger partial charge is 0.497 e. The van der Waals surface area contributed by atoms with E-state index in [0.717, 1.165) is 22.3 Å². The van der Waals surface area contributed by atoms with Crippen LogP contribution < -0.4 is 10.5 Å². The van der Waals surface area contributed by atoms with Crippen LogP contribution in [0.15, 0.2) is 48.8 Å². The zero-order valence-electron chi connectivity index (χ0n) is 12.6. The summed E-state index contributed by atoms with van der Waals surface area (Å²) in [6.07, 6.45) is 1.62. The molecule has 118 valence electrons. The number of methoxy groups -OCH3 is 1. The maximum absolute atomic E-state index is 11.3. The van der Waals surface area contributed by atoms with Crippen LogP contribution in [-0.4, -0.2) is 27.7 Å². The molecule has 0 saturated carbocycles. The Bertz CT molecular complexity index is 840. The minimum absolute atomic E-state index is 0.0395. The number of aliphatic carboxylic acids is 1. The normalized spacial score (nSPS) is 12.2. The highest BCUT2D eigenvalue weighted by Crippen LogP contribution is 2.28. The third kappa shape index (κ3) is 2.96. The molecule has 1 atom stereocenters. The average Bonchev–Trinajstić information content (AvgIpc) is 2.95. The van der Waals surface area contributed by atoms with Gasteiger partial charge in [-0.15, -0.1) is 0 Å². The lowest BCUT2D eigenvalue weighted by molar-refractivity contribution is -0.137. The number of fused-ring (bicyclic) bond motifs is 1. The molecule has 3 aromatic rings. The van der Waals surface area contributed by atoms with Crippen LogP contribution in [0, 0.1) is 0 Å². The molecule has 23 heavy (non-hydrogen) atoms. The van der Waals surface area contributed by atoms with Gasteiger partial charge in [-0.2, -0.15) is 0 Å². The molecule has 0 bridgehead atoms. The Kier molecular flexibility index (Phi) is 3.89. The number of aromatic nitrogens is 2. The molecule has 0 radical (unpaired) electrons. The van der Waals surface area contributed by atoms with Gasteiger partial charge in [0.05, 0.1) is 36.9 Å². The Balaban J connectivity index is 2.08. The highest BCUT2D eigenvalue weighted by molar-refractivity contribution is 5.79. The molecule has 0 saturated heterocycles. The van der Waals surface area contributed by atoms with E-state index >= 15 is 0 Å². The summed E-state index contributed by atoms with van der Waals surface area (Å²) in [6, 6.07) is 12.4. The first-order chi connectivity index (χ1) is 11.1. The summed E-state index contributed by atoms with van der Waals surface area (Å²) in [5.74, 6) is -0.144. The van der Waals surface area contributed by atoms with Crippen molar-refractivity contribution in [2.24, 2.45) is 0 Å². The van der Waals surface area contributed by atoms with Crippen molar-refractivity contribution in [3.05, 3.63) is 54.4 Å². The first-order valence-corrected chi connectivity index (χ1v) is 7.16. The summed E-state index contributed by atoms with van der Waals surface area (Å²) in [5.41, 5.74) is 8.87. The van der Waals surface area contributed by atoms with E-state index in [4.69, 9.17) is 10.5 Å². The van der Waals surface area contributed by atoms with Crippen molar-refractivity contribution in [2.75, 3.05) is 12.8 Å². The maximum atomic E-state index is 11.3. The van der Waals surface area contributed by atoms with E-state index < -0.39 is 5.97 Å². The average molecular weight is 311 g/mol. The van der Waals surface area contributed by atoms with Crippen molar-refractivity contribution in [3.63, 3.8) is 0 Å². The zero-order valence-corrected chi connectivity index (χ0v) is 12.6. The molecule has 2 aromatic carbocycles. The molecule has 3 N–H and O–H groups in total. The van der Waals surface area contributed by atoms with Gasteiger partial charge in [0, 0.05) is 5.69 Å². The number of hydrogen-bond donors (Lipinski definition) is 2. The Labute approximate surface area is 133 Å². The van der Waals surface area contributed by atoms with Crippen LogP contribution in [0.2, 0.25) is 0 Å². The van der Waals surface area contributed by atoms with Gasteiger partial charge in [-0.05, 0) is 35.9 Å². The van der Waals surface area contributed by atoms with Crippen LogP contribution in [0.5, 0.6) is 5.75 Å². The Morgan fingerprint density at radius 2 is 2.04 bits per heavy atom. The summed E-state index contributed by atoms with van der Waals surface area (Å²) >= 11 is 0. The number of nitrogen functional groups attached to an aromatic ring is 1. The van der Waals surface area contributed by atoms with Crippen LogP contribution in [0.25, 0.3) is 11.0 Å². The van der Waals surface area contributed by atoms with E-state index in [-0.39, 0.29) is 12.5 Å². The fourth-order valence-corrected chi connectivity index (χ4v) is 2.67. The minimum Gasteiger partial charge on any atom is -0.497 e. The fourth-order valence-electron chi connectivity index (χ4n) is 2.67. The lowest BCUT2D eigenvalue weighted by Crippen LogP contribution is -2.14. The van der Waals surface area contributed by atoms with Gasteiger partial charge in [-0.25, -0.2) is 4.98 Å². The van der Waals surface area contributed by atoms with E-state index in [2.05, 4.69) is 4.98 Å². The zero-order chi connectivity index (χ0) is 16.4. The Hall–Kier alpha value is -3.02. The predicted octanol–water partition coefficient (Wildman–Crippen LogP) is 2.69. The van der Waals surface area contributed by atoms with Gasteiger partial charge in [-0.1, -0.05) is 12.1 Å². The highest BCUT2D eigenvalue weighted by Gasteiger charge is 2.20. The molecule has 0 aliphatic carbocycles. The molecule has 0 spiro atoms. The second-order valence-electron chi connectivity index (χ2n) is 5.29. The lowest BCUT2D eigenvalue weighted by atomic mass is 10.0. The molecule has 1 aromatic heterocycles. The smallest absolute Gasteiger partial charge is 0.305 e. The van der Waals surface area contributed by atoms with Crippen molar-refractivity contribution in [1.82, 2.24) is 9.55 Å². The SMILES string of the molecule is COc1ccc(C(CC(=O)O)n2cnc3cc(N)ccc32)cc1. The third-order valence-corrected chi connectivity index (χ3v) is 3.80. The standard InChI is InChI=1S/C17H17N3O3/c1-23-13-5-2-11(3-6-13)16(9-17(21)22)20-10-19-14-8-12(18)4-7-15(14)20/h2-8,10,16H,9,18H2,1H3,(H,21,22). The molecule has 0 aliphatic rings. The number of imidazole rings is 1. The summed E-state index contributed by atoms with van der Waals surface area (Å²) in [4.78, 5) is 15.6. The van der Waals surface area contributed by atoms with Crippen molar-refractivity contribution in [1.29, 1.82) is 0 Å². The molecule has 1 heterocycles. The lowest BCUT2D eigenvalue weighted by Gasteiger charge is -2.18. The Morgan fingerprint density at radius 1 is 1.30 bits per heavy atom. The van der Waals surface area contributed by atoms with Crippen molar-refractivity contribution in [3.8, 4) is 5.75 Å². The number of hydrogen-bond acceptors (Lipinski definition) is 4. The van der Waals surface area contributed by atoms with Crippen molar-refractivity contribution >= 4 is 22.7 Å². The van der Waals surface area contributed by atoms with Crippen LogP contribution in [-0.2, 0) is 4.79 Å². The quantitative estimate of drug-likeness (QED) is 0.707. The molecule has 6 nitrogen and oxygen atoms in total. The second kappa shape index (κ2) is 6.00. The van der Waals surface area contributed by atoms with Crippen LogP contribution in [0.1, 0.15) is 18.0 Å². The summed E-state index contributed by atoms with van der Waals surface area (Å²) < 4.78 is 7.02. The van der Waals surface area contributed by atoms with Crippen molar-refractivity contribution < 1.29 is 14.6 Å². The van der Waals surface area contributed by atoms with Gasteiger partial charge >= 0.3 is 5.97 Å². The topological polar surface area (TPSA) is 90.4 Å². The third-order valence-electron chi connectivity index (χ3n) is 3.80. The Morgan fingerprint density at radius 3 is 2.70 bits per heavy atom. The van der Waals surface area contributed by atoms with Crippen LogP contribution >= 0.6 is 0 Å². The molecule has 6 heteroatoms. The number of carboxylic acids is 1. The number of anilines is 1. The van der Waals surface area contributed by atoms with Gasteiger partial charge in [0.15, 0.2) is 0 Å². The summed E-state index contributed by atoms with van der Waals surface area (Å²) in [7, 11) is 1.59. The van der Waals surface area contributed by atoms with E-state index in [1.165, 1.54) is 0 Å². The maximum Gasteiger partial charge on any atom is 0.305 e. The molecule has 0 amide bonds. The number of nitrogens with zero attached hydrogens (tertiary/aromatic N) is 2. The molecular formula is C17H17N3O3. The molecule has 1 unspecified atom stereocenters. The van der Waals surface area contributed by atoms with E-state index in [0.29, 0.717) is 5.69 Å². The van der Waals surface area contributed by atoms with Gasteiger partial charge in [0.2, 0.25) is 0 Å². The number of carboxylic acid groups (broad SMARTS) is 1. The summed E-state index contributed by atoms with van der Waals surface area (Å²) in [5, 5.41) is 9.28. The highest BCUT2D eigenvalue weighted by atomic mass is 16.5. The van der Waals surface area contributed by atoms with Crippen LogP contribution in [0.3, 0.4) is 0 Å². The number of ether oxygens (including phenoxy) is 1. The number of carbonyl (C=O) groups is 1. The number of rotatable bonds is 5. The number of benzene rings is 2. The first-order valence-electron chi connectivity index (χ1n) is 7.16. The van der Waals surface area contributed by atoms with Gasteiger partial charge in [0.25, 0.3) is 0 Å². The van der Waals surface area contributed by atoms with E-state index in [1.807, 2.05) is 34.9 Å². The van der Waals surface area contributed by atoms with E-state index in [1.54, 1.807) is 25.6 Å². The first kappa shape index (κ1) is 14.9. The molecular weight excluding hydrogens is 294 g/mol. The monoisotopic (exact) mass is 311 g/mol. The minimum atomic E-state index is -0.872. The van der Waals surface area contributed by atoms with E-state index in [9.17, 15) is 9.90 Å². The van der Waals surface area contributed by atoms with Gasteiger partial charge < -0.3 is 20.1 Å². The van der Waals surface area contributed by atoms with Crippen molar-refractivity contribution in [2.45, 2.75) is 12.5 Å². The summed E-state index contributed by atoms with van der Waals surface area (Å²) in [6.45, 7) is 0. The molecule has 0 fully saturated rings.